The zero-order valence-electron chi connectivity index (χ0n) is 54.2. The zero-order valence-corrected chi connectivity index (χ0v) is 61.5. The first-order valence-electron chi connectivity index (χ1n) is 28.5. The van der Waals surface area contributed by atoms with Crippen molar-refractivity contribution in [1.82, 2.24) is 0 Å². The fourth-order valence-corrected chi connectivity index (χ4v) is 18.1. The van der Waals surface area contributed by atoms with Crippen LogP contribution in [0.15, 0.2) is 132 Å². The number of hydrogen-bond acceptors (Lipinski definition) is 16. The lowest BCUT2D eigenvalue weighted by molar-refractivity contribution is -0.181. The van der Waals surface area contributed by atoms with Gasteiger partial charge < -0.3 is 35.4 Å². The van der Waals surface area contributed by atoms with Crippen LogP contribution in [0.25, 0.3) is 0 Å². The Kier molecular flexibility index (Phi) is 33.6. The normalized spacial score (nSPS) is 13.1. The van der Waals surface area contributed by atoms with Gasteiger partial charge in [-0.05, 0) is 133 Å². The Labute approximate surface area is 543 Å². The molecule has 5 aromatic rings. The minimum absolute atomic E-state index is 0.0138. The van der Waals surface area contributed by atoms with Crippen LogP contribution in [-0.4, -0.2) is 154 Å². The smallest absolute Gasteiger partial charge is 0.398 e. The molecular weight excluding hydrogens is 1370 g/mol. The molecule has 0 aliphatic carbocycles. The van der Waals surface area contributed by atoms with E-state index < -0.39 is 115 Å². The number of aryl methyl sites for hydroxylation is 4. The highest BCUT2D eigenvalue weighted by atomic mass is 32.2. The molecule has 92 heavy (non-hydrogen) atoms. The maximum absolute atomic E-state index is 13.3. The molecule has 0 fully saturated rings. The van der Waals surface area contributed by atoms with Gasteiger partial charge >= 0.3 is 45.9 Å². The van der Waals surface area contributed by atoms with E-state index in [9.17, 15) is 68.8 Å². The molecule has 0 aliphatic rings. The van der Waals surface area contributed by atoms with E-state index in [0.717, 1.165) is 52.7 Å². The van der Waals surface area contributed by atoms with E-state index in [1.165, 1.54) is 36.1 Å². The van der Waals surface area contributed by atoms with Crippen molar-refractivity contribution in [1.29, 1.82) is 0 Å². The van der Waals surface area contributed by atoms with E-state index in [1.807, 2.05) is 80.8 Å². The van der Waals surface area contributed by atoms with Crippen LogP contribution in [0, 0.1) is 0 Å². The Morgan fingerprint density at radius 3 is 0.880 bits per heavy atom. The van der Waals surface area contributed by atoms with Gasteiger partial charge in [0.2, 0.25) is 0 Å². The van der Waals surface area contributed by atoms with Crippen LogP contribution in [0.4, 0.5) is 35.1 Å². The van der Waals surface area contributed by atoms with Crippen molar-refractivity contribution in [2.45, 2.75) is 128 Å². The molecule has 0 aliphatic heterocycles. The minimum Gasteiger partial charge on any atom is -0.398 e. The van der Waals surface area contributed by atoms with E-state index in [4.69, 9.17) is 35.4 Å². The van der Waals surface area contributed by atoms with Crippen LogP contribution in [-0.2, 0) is 123 Å². The Balaban J connectivity index is 0.000000421. The largest absolute Gasteiger partial charge is 0.497 e. The molecule has 0 unspecified atom stereocenters. The molecule has 0 atom stereocenters. The van der Waals surface area contributed by atoms with Gasteiger partial charge in [0.15, 0.2) is 29.5 Å². The summed E-state index contributed by atoms with van der Waals surface area (Å²) < 4.78 is 236. The Morgan fingerprint density at radius 2 is 0.620 bits per heavy atom. The van der Waals surface area contributed by atoms with Crippen molar-refractivity contribution in [2.75, 3.05) is 68.9 Å². The SMILES string of the molecule is CO[Si](C)(CCc1ccc(CS(=O)(=O)C(F)(F)F)cc1)OC.CO[Si](C)(CCc1ccc(CS(=O)(=O)CC(F)(F)CC(F)(F)F)cc1)OC.CO[Si](C)(CCc1ccc(CS(=O)(=O)c2ccccc2)cc1)OC.CO[Si](C)(CCc1ccc(CS(C)(=O)=O)cc1)OC. The highest BCUT2D eigenvalue weighted by Gasteiger charge is 2.47. The first kappa shape index (κ1) is 84.0. The molecule has 32 heteroatoms. The van der Waals surface area contributed by atoms with Crippen LogP contribution in [0.2, 0.25) is 50.4 Å². The molecule has 0 saturated heterocycles. The Hall–Kier alpha value is -4.11. The van der Waals surface area contributed by atoms with Gasteiger partial charge in [0.25, 0.3) is 15.8 Å². The maximum atomic E-state index is 13.3. The number of hydrogen-bond donors (Lipinski definition) is 0. The fourth-order valence-electron chi connectivity index (χ4n) is 8.35. The zero-order chi connectivity index (χ0) is 70.1. The lowest BCUT2D eigenvalue weighted by Gasteiger charge is -2.22. The van der Waals surface area contributed by atoms with Crippen molar-refractivity contribution < 1.29 is 104 Å². The van der Waals surface area contributed by atoms with Gasteiger partial charge in [-0.25, -0.2) is 42.5 Å². The molecule has 0 heterocycles. The van der Waals surface area contributed by atoms with Crippen LogP contribution in [0.3, 0.4) is 0 Å². The Morgan fingerprint density at radius 1 is 0.359 bits per heavy atom. The van der Waals surface area contributed by atoms with Crippen molar-refractivity contribution in [2.24, 2.45) is 0 Å². The van der Waals surface area contributed by atoms with E-state index in [1.54, 1.807) is 105 Å². The number of sulfone groups is 4. The quantitative estimate of drug-likeness (QED) is 0.0289. The highest BCUT2D eigenvalue weighted by molar-refractivity contribution is 7.91. The molecule has 0 spiro atoms. The summed E-state index contributed by atoms with van der Waals surface area (Å²) in [5, 5.41) is 0. The van der Waals surface area contributed by atoms with Gasteiger partial charge in [0, 0.05) is 63.1 Å². The molecule has 520 valence electrons. The second kappa shape index (κ2) is 36.8. The molecular formula is C60H88F8O16S4Si4. The lowest BCUT2D eigenvalue weighted by atomic mass is 10.1. The molecule has 0 N–H and O–H groups in total. The summed E-state index contributed by atoms with van der Waals surface area (Å²) in [4.78, 5) is 0.357. The molecule has 0 radical (unpaired) electrons. The summed E-state index contributed by atoms with van der Waals surface area (Å²) in [5.41, 5.74) is 0.835. The predicted octanol–water partition coefficient (Wildman–Crippen LogP) is 12.8. The minimum atomic E-state index is -5.23. The number of alkyl halides is 8. The van der Waals surface area contributed by atoms with Crippen LogP contribution >= 0.6 is 0 Å². The molecule has 0 saturated carbocycles. The third-order valence-electron chi connectivity index (χ3n) is 14.9. The van der Waals surface area contributed by atoms with E-state index in [2.05, 4.69) is 0 Å². The monoisotopic (exact) mass is 1460 g/mol. The third-order valence-corrected chi connectivity index (χ3v) is 32.0. The molecule has 0 bridgehead atoms. The summed E-state index contributed by atoms with van der Waals surface area (Å²) >= 11 is 0. The van der Waals surface area contributed by atoms with Crippen LogP contribution < -0.4 is 0 Å². The van der Waals surface area contributed by atoms with Gasteiger partial charge in [0.05, 0.1) is 27.9 Å². The molecule has 5 rings (SSSR count). The second-order valence-electron chi connectivity index (χ2n) is 22.5. The lowest BCUT2D eigenvalue weighted by Crippen LogP contribution is -2.36. The van der Waals surface area contributed by atoms with Gasteiger partial charge in [-0.15, -0.1) is 0 Å². The van der Waals surface area contributed by atoms with Crippen molar-refractivity contribution in [3.63, 3.8) is 0 Å². The van der Waals surface area contributed by atoms with Crippen molar-refractivity contribution >= 4 is 73.6 Å². The molecule has 0 aromatic heterocycles. The third kappa shape index (κ3) is 32.1. The first-order chi connectivity index (χ1) is 42.4. The maximum Gasteiger partial charge on any atom is 0.497 e. The molecule has 0 amide bonds. The standard InChI is InChI=1S/C18H24O4SSi.C16H23F5O4SSi.C13H19F3O4SSi.C13H22O4SSi/c1-21-24(3,22-2)14-13-16-9-11-17(12-10-16)15-23(19,20)18-7-5-4-6-8-18;1-24-27(3,25-2)9-8-13-4-6-14(7-5-13)10-26(22,23)12-15(17,18)11-16(19,20)21;1-19-22(3,20-2)9-8-11-4-6-12(7-5-11)10-21(17,18)13(14,15)16;1-16-19(4,17-2)10-9-12-5-7-13(8-6-12)11-18(3,14)15/h4-12H,13-15H2,1-3H3;4-7H,8-12H2,1-3H3;4-7H,8-10H2,1-3H3;5-8H,9-11H2,1-4H3. The van der Waals surface area contributed by atoms with Crippen LogP contribution in [0.1, 0.15) is 50.9 Å². The van der Waals surface area contributed by atoms with E-state index >= 15 is 0 Å². The van der Waals surface area contributed by atoms with Crippen molar-refractivity contribution in [3.05, 3.63) is 172 Å². The number of rotatable bonds is 32. The van der Waals surface area contributed by atoms with E-state index in [-0.39, 0.29) is 22.6 Å². The van der Waals surface area contributed by atoms with Gasteiger partial charge in [-0.1, -0.05) is 115 Å². The fraction of sp³-hybridized carbons (Fsp3) is 0.500. The summed E-state index contributed by atoms with van der Waals surface area (Å²) in [6.07, 6.45) is -3.34. The van der Waals surface area contributed by atoms with E-state index in [0.29, 0.717) is 29.8 Å². The van der Waals surface area contributed by atoms with Crippen LogP contribution in [0.5, 0.6) is 0 Å². The number of halogens is 8. The van der Waals surface area contributed by atoms with Gasteiger partial charge in [-0.3, -0.25) is 0 Å². The molecule has 5 aromatic carbocycles. The first-order valence-corrected chi connectivity index (χ1v) is 45.8. The number of benzene rings is 5. The highest BCUT2D eigenvalue weighted by Crippen LogP contribution is 2.34. The summed E-state index contributed by atoms with van der Waals surface area (Å²) in [6.45, 7) is 7.88. The average Bonchev–Trinajstić information content (AvgIpc) is 0.961. The van der Waals surface area contributed by atoms with Gasteiger partial charge in [0.1, 0.15) is 12.2 Å². The molecule has 16 nitrogen and oxygen atoms in total. The average molecular weight is 1460 g/mol. The van der Waals surface area contributed by atoms with Gasteiger partial charge in [-0.2, -0.15) is 26.3 Å². The topological polar surface area (TPSA) is 210 Å². The Bertz CT molecular complexity index is 3430. The second-order valence-corrected chi connectivity index (χ2v) is 45.0. The predicted molar refractivity (Wildman–Crippen MR) is 350 cm³/mol. The summed E-state index contributed by atoms with van der Waals surface area (Å²) in [7, 11) is -11.3. The summed E-state index contributed by atoms with van der Waals surface area (Å²) in [6, 6.07) is 39.4. The summed E-state index contributed by atoms with van der Waals surface area (Å²) in [5.74, 6) is -7.88. The van der Waals surface area contributed by atoms with Crippen molar-refractivity contribution in [3.8, 4) is 0 Å².